The van der Waals surface area contributed by atoms with E-state index < -0.39 is 0 Å². The van der Waals surface area contributed by atoms with Crippen molar-refractivity contribution in [2.45, 2.75) is 27.7 Å². The summed E-state index contributed by atoms with van der Waals surface area (Å²) in [5.41, 5.74) is 4.12. The predicted molar refractivity (Wildman–Crippen MR) is 66.7 cm³/mol. The number of hydrogen-bond acceptors (Lipinski definition) is 4. The summed E-state index contributed by atoms with van der Waals surface area (Å²) < 4.78 is 0. The van der Waals surface area contributed by atoms with Crippen molar-refractivity contribution in [2.24, 2.45) is 0 Å². The van der Waals surface area contributed by atoms with E-state index in [4.69, 9.17) is 0 Å². The highest BCUT2D eigenvalue weighted by Gasteiger charge is 1.98. The molecule has 0 bridgehead atoms. The summed E-state index contributed by atoms with van der Waals surface area (Å²) in [6.45, 7) is 12.5. The first kappa shape index (κ1) is 13.1. The zero-order chi connectivity index (χ0) is 12.0. The summed E-state index contributed by atoms with van der Waals surface area (Å²) in [4.78, 5) is 8.62. The van der Waals surface area contributed by atoms with Crippen LogP contribution >= 0.6 is 0 Å². The van der Waals surface area contributed by atoms with Crippen LogP contribution in [0.5, 0.6) is 0 Å². The Morgan fingerprint density at radius 3 is 1.06 bits per heavy atom. The highest BCUT2D eigenvalue weighted by atomic mass is 15.0. The van der Waals surface area contributed by atoms with Crippen LogP contribution in [0.1, 0.15) is 22.8 Å². The maximum atomic E-state index is 4.31. The second-order valence-electron chi connectivity index (χ2n) is 4.07. The molecule has 4 nitrogen and oxygen atoms in total. The van der Waals surface area contributed by atoms with Crippen molar-refractivity contribution >= 4 is 0 Å². The maximum absolute atomic E-state index is 4.31. The van der Waals surface area contributed by atoms with Gasteiger partial charge >= 0.3 is 0 Å². The largest absolute Gasteiger partial charge is 0.314 e. The number of nitrogens with zero attached hydrogens (tertiary/aromatic N) is 2. The molecule has 1 saturated heterocycles. The first-order chi connectivity index (χ1) is 7.61. The minimum Gasteiger partial charge on any atom is -0.314 e. The second-order valence-corrected chi connectivity index (χ2v) is 4.07. The lowest BCUT2D eigenvalue weighted by Gasteiger charge is -2.11. The molecule has 90 valence electrons. The summed E-state index contributed by atoms with van der Waals surface area (Å²) >= 11 is 0. The predicted octanol–water partition coefficient (Wildman–Crippen LogP) is 0.889. The Kier molecular flexibility index (Phi) is 5.35. The van der Waals surface area contributed by atoms with Crippen molar-refractivity contribution in [2.75, 3.05) is 26.2 Å². The molecule has 0 amide bonds. The zero-order valence-corrected chi connectivity index (χ0v) is 10.7. The van der Waals surface area contributed by atoms with Crippen LogP contribution in [0.15, 0.2) is 0 Å². The molecule has 0 saturated carbocycles. The highest BCUT2D eigenvalue weighted by molar-refractivity contribution is 5.16. The van der Waals surface area contributed by atoms with Crippen molar-refractivity contribution in [3.63, 3.8) is 0 Å². The van der Waals surface area contributed by atoms with Crippen LogP contribution in [0.4, 0.5) is 0 Å². The van der Waals surface area contributed by atoms with E-state index >= 15 is 0 Å². The highest BCUT2D eigenvalue weighted by Crippen LogP contribution is 2.04. The molecule has 1 aromatic rings. The summed E-state index contributed by atoms with van der Waals surface area (Å²) in [5, 5.41) is 6.44. The Morgan fingerprint density at radius 2 is 0.875 bits per heavy atom. The fraction of sp³-hybridized carbons (Fsp3) is 0.667. The zero-order valence-electron chi connectivity index (χ0n) is 10.7. The van der Waals surface area contributed by atoms with Crippen LogP contribution in [0, 0.1) is 27.7 Å². The van der Waals surface area contributed by atoms with E-state index in [9.17, 15) is 0 Å². The molecule has 1 aliphatic heterocycles. The molecule has 0 aromatic carbocycles. The minimum absolute atomic E-state index is 1.03. The van der Waals surface area contributed by atoms with E-state index in [1.165, 1.54) is 0 Å². The first-order valence-electron chi connectivity index (χ1n) is 5.81. The summed E-state index contributed by atoms with van der Waals surface area (Å²) in [7, 11) is 0. The Balaban J connectivity index is 0.000000181. The Bertz CT molecular complexity index is 270. The van der Waals surface area contributed by atoms with Crippen LogP contribution in [-0.4, -0.2) is 36.1 Å². The number of rotatable bonds is 0. The number of piperazine rings is 1. The molecular formula is C12H22N4. The molecule has 2 heterocycles. The number of nitrogens with one attached hydrogen (secondary N) is 2. The molecule has 0 aliphatic carbocycles. The number of aromatic nitrogens is 2. The van der Waals surface area contributed by atoms with Crippen LogP contribution in [0.25, 0.3) is 0 Å². The topological polar surface area (TPSA) is 49.8 Å². The van der Waals surface area contributed by atoms with Gasteiger partial charge in [0, 0.05) is 26.2 Å². The average molecular weight is 222 g/mol. The van der Waals surface area contributed by atoms with Gasteiger partial charge in [-0.05, 0) is 27.7 Å². The van der Waals surface area contributed by atoms with E-state index in [2.05, 4.69) is 20.6 Å². The van der Waals surface area contributed by atoms with Crippen LogP contribution in [0.3, 0.4) is 0 Å². The van der Waals surface area contributed by atoms with Gasteiger partial charge in [-0.15, -0.1) is 0 Å². The summed E-state index contributed by atoms with van der Waals surface area (Å²) in [5.74, 6) is 0. The van der Waals surface area contributed by atoms with Crippen molar-refractivity contribution in [3.8, 4) is 0 Å². The van der Waals surface area contributed by atoms with Gasteiger partial charge in [0.2, 0.25) is 0 Å². The quantitative estimate of drug-likeness (QED) is 0.684. The third-order valence-electron chi connectivity index (χ3n) is 2.68. The molecule has 0 radical (unpaired) electrons. The van der Waals surface area contributed by atoms with E-state index in [1.54, 1.807) is 0 Å². The Labute approximate surface area is 97.9 Å². The lowest BCUT2D eigenvalue weighted by molar-refractivity contribution is 0.534. The molecule has 2 rings (SSSR count). The van der Waals surface area contributed by atoms with Gasteiger partial charge in [-0.25, -0.2) is 0 Å². The third kappa shape index (κ3) is 4.24. The van der Waals surface area contributed by atoms with Gasteiger partial charge in [0.05, 0.1) is 22.8 Å². The van der Waals surface area contributed by atoms with Gasteiger partial charge in [0.15, 0.2) is 0 Å². The van der Waals surface area contributed by atoms with Crippen LogP contribution in [0.2, 0.25) is 0 Å². The normalized spacial score (nSPS) is 15.2. The average Bonchev–Trinajstić information content (AvgIpc) is 2.30. The van der Waals surface area contributed by atoms with E-state index in [-0.39, 0.29) is 0 Å². The number of hydrogen-bond donors (Lipinski definition) is 2. The minimum atomic E-state index is 1.03. The van der Waals surface area contributed by atoms with Gasteiger partial charge in [0.25, 0.3) is 0 Å². The molecule has 0 atom stereocenters. The van der Waals surface area contributed by atoms with Crippen molar-refractivity contribution < 1.29 is 0 Å². The van der Waals surface area contributed by atoms with Crippen LogP contribution in [-0.2, 0) is 0 Å². The monoisotopic (exact) mass is 222 g/mol. The summed E-state index contributed by atoms with van der Waals surface area (Å²) in [6.07, 6.45) is 0. The van der Waals surface area contributed by atoms with Crippen molar-refractivity contribution in [1.29, 1.82) is 0 Å². The van der Waals surface area contributed by atoms with Gasteiger partial charge in [-0.1, -0.05) is 0 Å². The van der Waals surface area contributed by atoms with E-state index in [0.29, 0.717) is 0 Å². The lowest BCUT2D eigenvalue weighted by atomic mass is 10.3. The molecule has 0 spiro atoms. The standard InChI is InChI=1S/C8H12N2.C4H10N2/c1-5-6(2)10-8(4)7(3)9-5;1-2-6-4-3-5-1/h1-4H3;5-6H,1-4H2. The lowest BCUT2D eigenvalue weighted by Crippen LogP contribution is -2.39. The summed E-state index contributed by atoms with van der Waals surface area (Å²) in [6, 6.07) is 0. The molecule has 1 aliphatic rings. The second kappa shape index (κ2) is 6.55. The van der Waals surface area contributed by atoms with Gasteiger partial charge < -0.3 is 10.6 Å². The van der Waals surface area contributed by atoms with Gasteiger partial charge in [-0.2, -0.15) is 0 Å². The molecule has 1 aromatic heterocycles. The fourth-order valence-electron chi connectivity index (χ4n) is 1.43. The molecule has 2 N–H and O–H groups in total. The Hall–Kier alpha value is -1.00. The first-order valence-corrected chi connectivity index (χ1v) is 5.81. The molecule has 1 fully saturated rings. The molecule has 4 heteroatoms. The van der Waals surface area contributed by atoms with Crippen molar-refractivity contribution in [1.82, 2.24) is 20.6 Å². The van der Waals surface area contributed by atoms with Gasteiger partial charge in [0.1, 0.15) is 0 Å². The van der Waals surface area contributed by atoms with Gasteiger partial charge in [-0.3, -0.25) is 9.97 Å². The van der Waals surface area contributed by atoms with Crippen molar-refractivity contribution in [3.05, 3.63) is 22.8 Å². The Morgan fingerprint density at radius 1 is 0.625 bits per heavy atom. The SMILES string of the molecule is C1CNCCN1.Cc1nc(C)c(C)nc1C. The molecule has 0 unspecified atom stereocenters. The molecular weight excluding hydrogens is 200 g/mol. The fourth-order valence-corrected chi connectivity index (χ4v) is 1.43. The van der Waals surface area contributed by atoms with E-state index in [1.807, 2.05) is 27.7 Å². The maximum Gasteiger partial charge on any atom is 0.0588 e. The van der Waals surface area contributed by atoms with E-state index in [0.717, 1.165) is 49.0 Å². The third-order valence-corrected chi connectivity index (χ3v) is 2.68. The van der Waals surface area contributed by atoms with Crippen LogP contribution < -0.4 is 10.6 Å². The number of aryl methyl sites for hydroxylation is 4. The molecule has 16 heavy (non-hydrogen) atoms. The smallest absolute Gasteiger partial charge is 0.0588 e.